The summed E-state index contributed by atoms with van der Waals surface area (Å²) in [5.74, 6) is 0.940. The number of nitrogens with zero attached hydrogens (tertiary/aromatic N) is 3. The van der Waals surface area contributed by atoms with Gasteiger partial charge in [0.05, 0.1) is 11.6 Å². The Bertz CT molecular complexity index is 898. The zero-order chi connectivity index (χ0) is 20.5. The highest BCUT2D eigenvalue weighted by molar-refractivity contribution is 5.94. The van der Waals surface area contributed by atoms with E-state index in [1.807, 2.05) is 34.1 Å². The number of ether oxygens (including phenoxy) is 1. The lowest BCUT2D eigenvalue weighted by Crippen LogP contribution is -2.40. The van der Waals surface area contributed by atoms with Crippen LogP contribution in [0.5, 0.6) is 0 Å². The molecule has 2 aromatic rings. The van der Waals surface area contributed by atoms with Gasteiger partial charge in [0, 0.05) is 63.0 Å². The Hall–Kier alpha value is -2.73. The summed E-state index contributed by atoms with van der Waals surface area (Å²) in [6.07, 6.45) is 4.96. The second-order valence-corrected chi connectivity index (χ2v) is 8.61. The van der Waals surface area contributed by atoms with Crippen molar-refractivity contribution in [3.05, 3.63) is 66.0 Å². The van der Waals surface area contributed by atoms with Crippen molar-refractivity contribution in [2.45, 2.75) is 18.9 Å². The lowest BCUT2D eigenvalue weighted by molar-refractivity contribution is -0.137. The van der Waals surface area contributed by atoms with Crippen LogP contribution < -0.4 is 0 Å². The van der Waals surface area contributed by atoms with Crippen LogP contribution in [0.1, 0.15) is 34.8 Å². The molecule has 0 aliphatic carbocycles. The molecule has 1 aromatic heterocycles. The van der Waals surface area contributed by atoms with E-state index in [-0.39, 0.29) is 29.7 Å². The van der Waals surface area contributed by atoms with Gasteiger partial charge in [-0.3, -0.25) is 14.6 Å². The van der Waals surface area contributed by atoms with Crippen LogP contribution in [0.25, 0.3) is 0 Å². The van der Waals surface area contributed by atoms with Gasteiger partial charge in [-0.25, -0.2) is 0 Å². The van der Waals surface area contributed by atoms with Gasteiger partial charge in [-0.2, -0.15) is 0 Å². The average Bonchev–Trinajstić information content (AvgIpc) is 3.38. The fourth-order valence-corrected chi connectivity index (χ4v) is 5.37. The molecule has 30 heavy (non-hydrogen) atoms. The normalized spacial score (nSPS) is 26.6. The number of hydrogen-bond donors (Lipinski definition) is 0. The van der Waals surface area contributed by atoms with E-state index in [9.17, 15) is 9.59 Å². The standard InChI is InChI=1S/C24H27N3O3/c28-23(18-8-11-30-12-9-18)26-14-20-15-27(24(29)19-7-4-10-25-13-19)22(21(20)16-26)17-5-2-1-3-6-17/h1-7,10,13,18,20-22H,8-9,11-12,14-16H2/t20-,21-,22-/m0/s1. The third kappa shape index (κ3) is 3.49. The molecule has 3 fully saturated rings. The Labute approximate surface area is 176 Å². The Kier molecular flexibility index (Phi) is 5.25. The highest BCUT2D eigenvalue weighted by atomic mass is 16.5. The molecule has 4 heterocycles. The van der Waals surface area contributed by atoms with Crippen LogP contribution in [0.3, 0.4) is 0 Å². The molecule has 0 spiro atoms. The average molecular weight is 405 g/mol. The van der Waals surface area contributed by atoms with Crippen LogP contribution in [0.4, 0.5) is 0 Å². The molecular weight excluding hydrogens is 378 g/mol. The van der Waals surface area contributed by atoms with Crippen LogP contribution in [-0.4, -0.2) is 59.4 Å². The fraction of sp³-hybridized carbons (Fsp3) is 0.458. The number of benzene rings is 1. The van der Waals surface area contributed by atoms with Gasteiger partial charge in [-0.05, 0) is 30.5 Å². The number of carbonyl (C=O) groups excluding carboxylic acids is 2. The summed E-state index contributed by atoms with van der Waals surface area (Å²) < 4.78 is 5.42. The van der Waals surface area contributed by atoms with Gasteiger partial charge < -0.3 is 14.5 Å². The van der Waals surface area contributed by atoms with Gasteiger partial charge in [-0.1, -0.05) is 30.3 Å². The van der Waals surface area contributed by atoms with E-state index in [0.717, 1.165) is 31.5 Å². The first-order valence-electron chi connectivity index (χ1n) is 10.8. The topological polar surface area (TPSA) is 62.7 Å². The van der Waals surface area contributed by atoms with E-state index >= 15 is 0 Å². The van der Waals surface area contributed by atoms with Crippen LogP contribution in [0, 0.1) is 17.8 Å². The number of aromatic nitrogens is 1. The van der Waals surface area contributed by atoms with E-state index < -0.39 is 0 Å². The third-order valence-electron chi connectivity index (χ3n) is 6.86. The summed E-state index contributed by atoms with van der Waals surface area (Å²) in [7, 11) is 0. The van der Waals surface area contributed by atoms with Crippen molar-refractivity contribution < 1.29 is 14.3 Å². The monoisotopic (exact) mass is 405 g/mol. The van der Waals surface area contributed by atoms with Gasteiger partial charge in [0.1, 0.15) is 0 Å². The lowest BCUT2D eigenvalue weighted by Gasteiger charge is -2.31. The van der Waals surface area contributed by atoms with Gasteiger partial charge in [-0.15, -0.1) is 0 Å². The number of carbonyl (C=O) groups is 2. The highest BCUT2D eigenvalue weighted by Gasteiger charge is 2.50. The maximum absolute atomic E-state index is 13.3. The number of rotatable bonds is 3. The quantitative estimate of drug-likeness (QED) is 0.788. The minimum atomic E-state index is -0.0172. The van der Waals surface area contributed by atoms with E-state index in [4.69, 9.17) is 4.74 Å². The minimum absolute atomic E-state index is 0.0172. The molecule has 3 aliphatic rings. The van der Waals surface area contributed by atoms with Gasteiger partial charge >= 0.3 is 0 Å². The van der Waals surface area contributed by atoms with E-state index in [1.54, 1.807) is 18.5 Å². The summed E-state index contributed by atoms with van der Waals surface area (Å²) in [6.45, 7) is 3.49. The molecule has 3 aliphatic heterocycles. The van der Waals surface area contributed by atoms with Crippen molar-refractivity contribution in [1.29, 1.82) is 0 Å². The SMILES string of the molecule is O=C(C1CCOCC1)N1C[C@H]2CN(C(=O)c3cccnc3)[C@@H](c3ccccc3)[C@H]2C1. The lowest BCUT2D eigenvalue weighted by atomic mass is 9.89. The smallest absolute Gasteiger partial charge is 0.255 e. The number of pyridine rings is 1. The maximum atomic E-state index is 13.3. The van der Waals surface area contributed by atoms with E-state index in [0.29, 0.717) is 31.2 Å². The molecule has 0 unspecified atom stereocenters. The van der Waals surface area contributed by atoms with Gasteiger partial charge in [0.25, 0.3) is 5.91 Å². The molecule has 2 amide bonds. The predicted octanol–water partition coefficient (Wildman–Crippen LogP) is 2.78. The molecule has 156 valence electrons. The van der Waals surface area contributed by atoms with E-state index in [2.05, 4.69) is 17.1 Å². The number of fused-ring (bicyclic) bond motifs is 1. The second kappa shape index (κ2) is 8.19. The summed E-state index contributed by atoms with van der Waals surface area (Å²) in [6, 6.07) is 13.8. The van der Waals surface area contributed by atoms with Gasteiger partial charge in [0.2, 0.25) is 5.91 Å². The summed E-state index contributed by atoms with van der Waals surface area (Å²) >= 11 is 0. The Morgan fingerprint density at radius 1 is 0.967 bits per heavy atom. The number of likely N-dealkylation sites (tertiary alicyclic amines) is 2. The molecule has 0 N–H and O–H groups in total. The molecule has 3 saturated heterocycles. The summed E-state index contributed by atoms with van der Waals surface area (Å²) in [5, 5.41) is 0. The molecule has 5 rings (SSSR count). The largest absolute Gasteiger partial charge is 0.381 e. The highest BCUT2D eigenvalue weighted by Crippen LogP contribution is 2.46. The summed E-state index contributed by atoms with van der Waals surface area (Å²) in [5.41, 5.74) is 1.76. The van der Waals surface area contributed by atoms with Crippen LogP contribution in [0.2, 0.25) is 0 Å². The zero-order valence-electron chi connectivity index (χ0n) is 17.0. The van der Waals surface area contributed by atoms with Crippen molar-refractivity contribution in [1.82, 2.24) is 14.8 Å². The molecular formula is C24H27N3O3. The number of hydrogen-bond acceptors (Lipinski definition) is 4. The molecule has 3 atom stereocenters. The molecule has 6 nitrogen and oxygen atoms in total. The molecule has 1 aromatic carbocycles. The van der Waals surface area contributed by atoms with Crippen LogP contribution in [0.15, 0.2) is 54.9 Å². The maximum Gasteiger partial charge on any atom is 0.255 e. The summed E-state index contributed by atoms with van der Waals surface area (Å²) in [4.78, 5) is 34.6. The Balaban J connectivity index is 1.39. The Morgan fingerprint density at radius 2 is 1.77 bits per heavy atom. The van der Waals surface area contributed by atoms with Crippen molar-refractivity contribution in [3.8, 4) is 0 Å². The third-order valence-corrected chi connectivity index (χ3v) is 6.86. The molecule has 0 saturated carbocycles. The van der Waals surface area contributed by atoms with E-state index in [1.165, 1.54) is 0 Å². The first-order valence-corrected chi connectivity index (χ1v) is 10.8. The molecule has 6 heteroatoms. The van der Waals surface area contributed by atoms with Crippen LogP contribution >= 0.6 is 0 Å². The van der Waals surface area contributed by atoms with Crippen LogP contribution in [-0.2, 0) is 9.53 Å². The molecule has 0 radical (unpaired) electrons. The van der Waals surface area contributed by atoms with Crippen molar-refractivity contribution in [3.63, 3.8) is 0 Å². The number of amides is 2. The first kappa shape index (κ1) is 19.2. The van der Waals surface area contributed by atoms with Crippen molar-refractivity contribution in [2.24, 2.45) is 17.8 Å². The fourth-order valence-electron chi connectivity index (χ4n) is 5.37. The predicted molar refractivity (Wildman–Crippen MR) is 112 cm³/mol. The second-order valence-electron chi connectivity index (χ2n) is 8.61. The van der Waals surface area contributed by atoms with Crippen molar-refractivity contribution >= 4 is 11.8 Å². The minimum Gasteiger partial charge on any atom is -0.381 e. The van der Waals surface area contributed by atoms with Gasteiger partial charge in [0.15, 0.2) is 0 Å². The molecule has 0 bridgehead atoms. The zero-order valence-corrected chi connectivity index (χ0v) is 17.0. The Morgan fingerprint density at radius 3 is 2.50 bits per heavy atom. The van der Waals surface area contributed by atoms with Crippen molar-refractivity contribution in [2.75, 3.05) is 32.8 Å². The first-order chi connectivity index (χ1) is 14.7.